The first kappa shape index (κ1) is 16.7. The molecule has 0 bridgehead atoms. The van der Waals surface area contributed by atoms with Crippen LogP contribution in [0.15, 0.2) is 35.2 Å². The van der Waals surface area contributed by atoms with Gasteiger partial charge in [0.1, 0.15) is 12.4 Å². The number of carbonyl (C=O) groups is 2. The average molecular weight is 324 g/mol. The summed E-state index contributed by atoms with van der Waals surface area (Å²) >= 11 is 0. The predicted molar refractivity (Wildman–Crippen MR) is 80.9 cm³/mol. The summed E-state index contributed by atoms with van der Waals surface area (Å²) in [7, 11) is -3.42. The van der Waals surface area contributed by atoms with Crippen LogP contribution in [-0.2, 0) is 24.2 Å². The Bertz CT molecular complexity index is 623. The molecule has 1 aliphatic heterocycles. The van der Waals surface area contributed by atoms with E-state index in [1.807, 2.05) is 0 Å². The lowest BCUT2D eigenvalue weighted by atomic mass is 9.88. The molecule has 0 aliphatic carbocycles. The minimum atomic E-state index is -3.42. The van der Waals surface area contributed by atoms with E-state index in [4.69, 9.17) is 4.74 Å². The van der Waals surface area contributed by atoms with Crippen LogP contribution in [0.2, 0.25) is 0 Å². The van der Waals surface area contributed by atoms with Crippen molar-refractivity contribution in [2.75, 3.05) is 5.75 Å². The Morgan fingerprint density at radius 1 is 1.32 bits per heavy atom. The maximum absolute atomic E-state index is 12.4. The topological polar surface area (TPSA) is 77.5 Å². The standard InChI is InChI=1S/C16H20O5S/c1-12(11-22(19,20)14-5-3-2-4-6-14)15-9-13(7-8-17)10-16(18)21-15/h2-6,8,12-13,15H,7,9-11H2,1H3/t12-,13-,15-/m1/s1. The third kappa shape index (κ3) is 4.16. The Labute approximate surface area is 130 Å². The van der Waals surface area contributed by atoms with Crippen LogP contribution in [0.4, 0.5) is 0 Å². The second-order valence-electron chi connectivity index (χ2n) is 5.81. The van der Waals surface area contributed by atoms with Gasteiger partial charge in [-0.05, 0) is 24.5 Å². The SMILES string of the molecule is C[C@H](CS(=O)(=O)c1ccccc1)[C@H]1C[C@@H](CC=O)CC(=O)O1. The molecule has 120 valence electrons. The molecule has 0 spiro atoms. The normalized spacial score (nSPS) is 23.6. The first-order chi connectivity index (χ1) is 10.4. The number of cyclic esters (lactones) is 1. The smallest absolute Gasteiger partial charge is 0.306 e. The van der Waals surface area contributed by atoms with Gasteiger partial charge in [-0.15, -0.1) is 0 Å². The Hall–Kier alpha value is -1.69. The van der Waals surface area contributed by atoms with Crippen molar-refractivity contribution in [1.82, 2.24) is 0 Å². The van der Waals surface area contributed by atoms with E-state index in [9.17, 15) is 18.0 Å². The van der Waals surface area contributed by atoms with Crippen LogP contribution in [0.25, 0.3) is 0 Å². The zero-order valence-corrected chi connectivity index (χ0v) is 13.3. The molecule has 1 aromatic rings. The van der Waals surface area contributed by atoms with Crippen molar-refractivity contribution in [3.63, 3.8) is 0 Å². The number of carbonyl (C=O) groups excluding carboxylic acids is 2. The Morgan fingerprint density at radius 2 is 2.00 bits per heavy atom. The van der Waals surface area contributed by atoms with Crippen molar-refractivity contribution in [2.45, 2.75) is 37.2 Å². The van der Waals surface area contributed by atoms with E-state index in [0.29, 0.717) is 12.8 Å². The van der Waals surface area contributed by atoms with Gasteiger partial charge < -0.3 is 9.53 Å². The van der Waals surface area contributed by atoms with E-state index in [1.165, 1.54) is 0 Å². The molecule has 0 amide bonds. The van der Waals surface area contributed by atoms with Crippen LogP contribution in [0.1, 0.15) is 26.2 Å². The molecule has 1 heterocycles. The highest BCUT2D eigenvalue weighted by molar-refractivity contribution is 7.91. The summed E-state index contributed by atoms with van der Waals surface area (Å²) in [6.45, 7) is 1.77. The largest absolute Gasteiger partial charge is 0.462 e. The number of rotatable bonds is 6. The molecule has 1 saturated heterocycles. The fourth-order valence-corrected chi connectivity index (χ4v) is 4.43. The first-order valence-electron chi connectivity index (χ1n) is 7.33. The number of ether oxygens (including phenoxy) is 1. The molecule has 0 saturated carbocycles. The number of hydrogen-bond donors (Lipinski definition) is 0. The second-order valence-corrected chi connectivity index (χ2v) is 7.84. The molecule has 1 aliphatic rings. The molecule has 0 N–H and O–H groups in total. The van der Waals surface area contributed by atoms with Crippen LogP contribution < -0.4 is 0 Å². The van der Waals surface area contributed by atoms with Gasteiger partial charge in [-0.3, -0.25) is 4.79 Å². The van der Waals surface area contributed by atoms with Gasteiger partial charge in [0.2, 0.25) is 0 Å². The zero-order valence-electron chi connectivity index (χ0n) is 12.5. The molecule has 5 nitrogen and oxygen atoms in total. The zero-order chi connectivity index (χ0) is 16.2. The van der Waals surface area contributed by atoms with Crippen LogP contribution >= 0.6 is 0 Å². The number of hydrogen-bond acceptors (Lipinski definition) is 5. The Kier molecular flexibility index (Phi) is 5.34. The summed E-state index contributed by atoms with van der Waals surface area (Å²) < 4.78 is 30.0. The van der Waals surface area contributed by atoms with E-state index in [2.05, 4.69) is 0 Å². The minimum absolute atomic E-state index is 0.0503. The molecular formula is C16H20O5S. The molecular weight excluding hydrogens is 304 g/mol. The molecule has 0 aromatic heterocycles. The number of aldehydes is 1. The summed E-state index contributed by atoms with van der Waals surface area (Å²) in [5.41, 5.74) is 0. The summed E-state index contributed by atoms with van der Waals surface area (Å²) in [4.78, 5) is 22.5. The van der Waals surface area contributed by atoms with Gasteiger partial charge in [0.25, 0.3) is 0 Å². The van der Waals surface area contributed by atoms with E-state index in [0.717, 1.165) is 6.29 Å². The van der Waals surface area contributed by atoms with Gasteiger partial charge in [0, 0.05) is 18.8 Å². The highest BCUT2D eigenvalue weighted by Gasteiger charge is 2.34. The van der Waals surface area contributed by atoms with Gasteiger partial charge >= 0.3 is 5.97 Å². The number of sulfone groups is 1. The van der Waals surface area contributed by atoms with Crippen molar-refractivity contribution < 1.29 is 22.7 Å². The van der Waals surface area contributed by atoms with Crippen LogP contribution in [0, 0.1) is 11.8 Å². The maximum atomic E-state index is 12.4. The van der Waals surface area contributed by atoms with Gasteiger partial charge in [0.15, 0.2) is 9.84 Å². The summed E-state index contributed by atoms with van der Waals surface area (Å²) in [5.74, 6) is -0.802. The van der Waals surface area contributed by atoms with Gasteiger partial charge in [-0.1, -0.05) is 25.1 Å². The number of esters is 1. The lowest BCUT2D eigenvalue weighted by Gasteiger charge is -2.31. The summed E-state index contributed by atoms with van der Waals surface area (Å²) in [5, 5.41) is 0. The fourth-order valence-electron chi connectivity index (χ4n) is 2.75. The van der Waals surface area contributed by atoms with Crippen LogP contribution in [0.5, 0.6) is 0 Å². The first-order valence-corrected chi connectivity index (χ1v) is 8.98. The summed E-state index contributed by atoms with van der Waals surface area (Å²) in [6, 6.07) is 8.24. The van der Waals surface area contributed by atoms with Crippen molar-refractivity contribution >= 4 is 22.1 Å². The minimum Gasteiger partial charge on any atom is -0.462 e. The molecule has 2 rings (SSSR count). The lowest BCUT2D eigenvalue weighted by molar-refractivity contribution is -0.159. The molecule has 22 heavy (non-hydrogen) atoms. The maximum Gasteiger partial charge on any atom is 0.306 e. The Morgan fingerprint density at radius 3 is 2.64 bits per heavy atom. The molecule has 1 aromatic carbocycles. The summed E-state index contributed by atoms with van der Waals surface area (Å²) in [6.07, 6.45) is 1.42. The third-order valence-electron chi connectivity index (χ3n) is 3.95. The van der Waals surface area contributed by atoms with Crippen molar-refractivity contribution in [3.05, 3.63) is 30.3 Å². The highest BCUT2D eigenvalue weighted by Crippen LogP contribution is 2.29. The average Bonchev–Trinajstić information content (AvgIpc) is 2.47. The van der Waals surface area contributed by atoms with Gasteiger partial charge in [0.05, 0.1) is 10.6 Å². The van der Waals surface area contributed by atoms with Crippen LogP contribution in [0.3, 0.4) is 0 Å². The fraction of sp³-hybridized carbons (Fsp3) is 0.500. The number of benzene rings is 1. The van der Waals surface area contributed by atoms with Crippen molar-refractivity contribution in [1.29, 1.82) is 0 Å². The molecule has 1 fully saturated rings. The van der Waals surface area contributed by atoms with E-state index < -0.39 is 15.9 Å². The Balaban J connectivity index is 2.06. The lowest BCUT2D eigenvalue weighted by Crippen LogP contribution is -2.36. The van der Waals surface area contributed by atoms with E-state index in [-0.39, 0.29) is 34.9 Å². The molecule has 0 radical (unpaired) electrons. The van der Waals surface area contributed by atoms with E-state index in [1.54, 1.807) is 37.3 Å². The monoisotopic (exact) mass is 324 g/mol. The quantitative estimate of drug-likeness (QED) is 0.591. The second kappa shape index (κ2) is 7.05. The predicted octanol–water partition coefficient (Wildman–Crippen LogP) is 2.01. The van der Waals surface area contributed by atoms with Gasteiger partial charge in [-0.2, -0.15) is 0 Å². The van der Waals surface area contributed by atoms with E-state index >= 15 is 0 Å². The van der Waals surface area contributed by atoms with Gasteiger partial charge in [-0.25, -0.2) is 8.42 Å². The molecule has 3 atom stereocenters. The third-order valence-corrected chi connectivity index (χ3v) is 5.91. The van der Waals surface area contributed by atoms with Crippen molar-refractivity contribution in [3.8, 4) is 0 Å². The van der Waals surface area contributed by atoms with Crippen molar-refractivity contribution in [2.24, 2.45) is 11.8 Å². The molecule has 6 heteroatoms. The highest BCUT2D eigenvalue weighted by atomic mass is 32.2. The molecule has 0 unspecified atom stereocenters. The van der Waals surface area contributed by atoms with Crippen LogP contribution in [-0.4, -0.2) is 32.5 Å².